The van der Waals surface area contributed by atoms with Gasteiger partial charge in [-0.3, -0.25) is 4.99 Å². The summed E-state index contributed by atoms with van der Waals surface area (Å²) >= 11 is 0. The summed E-state index contributed by atoms with van der Waals surface area (Å²) in [7, 11) is 1.82. The number of hydrogen-bond acceptors (Lipinski definition) is 2. The molecule has 0 fully saturated rings. The molecule has 0 atom stereocenters. The first-order valence-corrected chi connectivity index (χ1v) is 8.01. The average Bonchev–Trinajstić information content (AvgIpc) is 2.54. The van der Waals surface area contributed by atoms with Crippen molar-refractivity contribution < 1.29 is 0 Å². The van der Waals surface area contributed by atoms with Crippen molar-refractivity contribution in [3.05, 3.63) is 35.9 Å². The van der Waals surface area contributed by atoms with E-state index in [0.717, 1.165) is 32.1 Å². The molecular weight excluding hydrogens is 387 g/mol. The van der Waals surface area contributed by atoms with Gasteiger partial charge in [0.25, 0.3) is 0 Å². The molecule has 0 aliphatic carbocycles. The fourth-order valence-corrected chi connectivity index (χ4v) is 2.21. The number of guanidine groups is 1. The Morgan fingerprint density at radius 2 is 1.73 bits per heavy atom. The maximum atomic E-state index is 4.25. The lowest BCUT2D eigenvalue weighted by molar-refractivity contribution is 0.297. The van der Waals surface area contributed by atoms with Crippen LogP contribution in [0, 0.1) is 0 Å². The molecule has 0 saturated heterocycles. The Kier molecular flexibility index (Phi) is 13.3. The van der Waals surface area contributed by atoms with E-state index in [9.17, 15) is 0 Å². The Labute approximate surface area is 152 Å². The number of benzene rings is 1. The maximum Gasteiger partial charge on any atom is 0.191 e. The lowest BCUT2D eigenvalue weighted by atomic mass is 10.2. The van der Waals surface area contributed by atoms with Crippen molar-refractivity contribution in [2.75, 3.05) is 33.2 Å². The first-order chi connectivity index (χ1) is 10.3. The van der Waals surface area contributed by atoms with Crippen molar-refractivity contribution in [2.45, 2.75) is 33.2 Å². The fourth-order valence-electron chi connectivity index (χ4n) is 2.21. The van der Waals surface area contributed by atoms with Gasteiger partial charge in [-0.25, -0.2) is 0 Å². The van der Waals surface area contributed by atoms with Gasteiger partial charge in [0.2, 0.25) is 0 Å². The highest BCUT2D eigenvalue weighted by Gasteiger charge is 2.00. The second-order valence-electron chi connectivity index (χ2n) is 5.07. The monoisotopic (exact) mass is 418 g/mol. The van der Waals surface area contributed by atoms with Gasteiger partial charge in [0.05, 0.1) is 0 Å². The zero-order valence-corrected chi connectivity index (χ0v) is 16.5. The summed E-state index contributed by atoms with van der Waals surface area (Å²) in [5, 5.41) is 6.71. The molecule has 1 aromatic carbocycles. The summed E-state index contributed by atoms with van der Waals surface area (Å²) in [4.78, 5) is 6.71. The van der Waals surface area contributed by atoms with E-state index in [1.807, 2.05) is 13.1 Å². The number of aliphatic imine (C=N–C) groups is 1. The second kappa shape index (κ2) is 13.8. The van der Waals surface area contributed by atoms with Crippen LogP contribution in [-0.2, 0) is 6.54 Å². The van der Waals surface area contributed by atoms with Gasteiger partial charge in [0.1, 0.15) is 0 Å². The maximum absolute atomic E-state index is 4.25. The zero-order chi connectivity index (χ0) is 15.3. The quantitative estimate of drug-likeness (QED) is 0.280. The summed E-state index contributed by atoms with van der Waals surface area (Å²) in [5.41, 5.74) is 1.27. The van der Waals surface area contributed by atoms with E-state index in [0.29, 0.717) is 0 Å². The van der Waals surface area contributed by atoms with E-state index in [1.54, 1.807) is 0 Å². The molecule has 0 aromatic heterocycles. The van der Waals surface area contributed by atoms with Gasteiger partial charge in [-0.15, -0.1) is 24.0 Å². The van der Waals surface area contributed by atoms with Gasteiger partial charge in [-0.2, -0.15) is 0 Å². The van der Waals surface area contributed by atoms with E-state index in [1.165, 1.54) is 24.9 Å². The smallest absolute Gasteiger partial charge is 0.191 e. The molecule has 4 nitrogen and oxygen atoms in total. The molecule has 2 N–H and O–H groups in total. The number of nitrogens with one attached hydrogen (secondary N) is 2. The first kappa shape index (κ1) is 21.2. The third-order valence-electron chi connectivity index (χ3n) is 3.61. The Balaban J connectivity index is 0.00000441. The average molecular weight is 418 g/mol. The minimum atomic E-state index is 0. The van der Waals surface area contributed by atoms with E-state index < -0.39 is 0 Å². The second-order valence-corrected chi connectivity index (χ2v) is 5.07. The summed E-state index contributed by atoms with van der Waals surface area (Å²) < 4.78 is 0. The SMILES string of the molecule is CCN(CC)CCCCNC(=NC)NCc1ccccc1.I. The Hall–Kier alpha value is -0.820. The topological polar surface area (TPSA) is 39.7 Å². The van der Waals surface area contributed by atoms with Crippen LogP contribution in [0.1, 0.15) is 32.3 Å². The standard InChI is InChI=1S/C17H30N4.HI/c1-4-21(5-2)14-10-9-13-19-17(18-3)20-15-16-11-7-6-8-12-16;/h6-8,11-12H,4-5,9-10,13-15H2,1-3H3,(H2,18,19,20);1H. The normalized spacial score (nSPS) is 11.2. The summed E-state index contributed by atoms with van der Waals surface area (Å²) in [6.07, 6.45) is 2.40. The number of hydrogen-bond donors (Lipinski definition) is 2. The highest BCUT2D eigenvalue weighted by Crippen LogP contribution is 1.97. The number of rotatable bonds is 9. The molecule has 0 heterocycles. The molecule has 0 aliphatic rings. The third-order valence-corrected chi connectivity index (χ3v) is 3.61. The predicted octanol–water partition coefficient (Wildman–Crippen LogP) is 3.09. The molecule has 22 heavy (non-hydrogen) atoms. The van der Waals surface area contributed by atoms with Gasteiger partial charge in [0, 0.05) is 20.1 Å². The summed E-state index contributed by atoms with van der Waals surface area (Å²) in [6.45, 7) is 9.68. The van der Waals surface area contributed by atoms with Crippen LogP contribution in [0.4, 0.5) is 0 Å². The van der Waals surface area contributed by atoms with Gasteiger partial charge >= 0.3 is 0 Å². The molecule has 5 heteroatoms. The molecule has 0 saturated carbocycles. The van der Waals surface area contributed by atoms with Crippen molar-refractivity contribution in [2.24, 2.45) is 4.99 Å². The van der Waals surface area contributed by atoms with Gasteiger partial charge < -0.3 is 15.5 Å². The highest BCUT2D eigenvalue weighted by atomic mass is 127. The molecule has 0 aliphatic heterocycles. The Morgan fingerprint density at radius 3 is 2.32 bits per heavy atom. The highest BCUT2D eigenvalue weighted by molar-refractivity contribution is 14.0. The number of nitrogens with zero attached hydrogens (tertiary/aromatic N) is 2. The molecule has 0 unspecified atom stereocenters. The van der Waals surface area contributed by atoms with Gasteiger partial charge in [-0.1, -0.05) is 44.2 Å². The lowest BCUT2D eigenvalue weighted by Gasteiger charge is -2.18. The molecule has 1 aromatic rings. The van der Waals surface area contributed by atoms with Crippen molar-refractivity contribution in [1.82, 2.24) is 15.5 Å². The molecular formula is C17H31IN4. The van der Waals surface area contributed by atoms with E-state index in [2.05, 4.69) is 58.6 Å². The van der Waals surface area contributed by atoms with Crippen molar-refractivity contribution in [1.29, 1.82) is 0 Å². The molecule has 0 radical (unpaired) electrons. The van der Waals surface area contributed by atoms with E-state index in [-0.39, 0.29) is 24.0 Å². The van der Waals surface area contributed by atoms with Crippen LogP contribution in [0.2, 0.25) is 0 Å². The van der Waals surface area contributed by atoms with Crippen LogP contribution in [0.15, 0.2) is 35.3 Å². The summed E-state index contributed by atoms with van der Waals surface area (Å²) in [6, 6.07) is 10.4. The Bertz CT molecular complexity index is 391. The first-order valence-electron chi connectivity index (χ1n) is 8.01. The Morgan fingerprint density at radius 1 is 1.05 bits per heavy atom. The predicted molar refractivity (Wildman–Crippen MR) is 107 cm³/mol. The van der Waals surface area contributed by atoms with E-state index >= 15 is 0 Å². The third kappa shape index (κ3) is 9.25. The fraction of sp³-hybridized carbons (Fsp3) is 0.588. The van der Waals surface area contributed by atoms with Gasteiger partial charge in [0.15, 0.2) is 5.96 Å². The largest absolute Gasteiger partial charge is 0.356 e. The van der Waals surface area contributed by atoms with Crippen LogP contribution >= 0.6 is 24.0 Å². The molecule has 0 spiro atoms. The number of unbranched alkanes of at least 4 members (excludes halogenated alkanes) is 1. The van der Waals surface area contributed by atoms with Crippen LogP contribution < -0.4 is 10.6 Å². The van der Waals surface area contributed by atoms with Gasteiger partial charge in [-0.05, 0) is 38.0 Å². The minimum Gasteiger partial charge on any atom is -0.356 e. The summed E-state index contributed by atoms with van der Waals surface area (Å²) in [5.74, 6) is 0.877. The van der Waals surface area contributed by atoms with Crippen molar-refractivity contribution in [3.8, 4) is 0 Å². The zero-order valence-electron chi connectivity index (χ0n) is 14.1. The lowest BCUT2D eigenvalue weighted by Crippen LogP contribution is -2.37. The van der Waals surface area contributed by atoms with Crippen molar-refractivity contribution >= 4 is 29.9 Å². The van der Waals surface area contributed by atoms with E-state index in [4.69, 9.17) is 0 Å². The van der Waals surface area contributed by atoms with Crippen LogP contribution in [0.25, 0.3) is 0 Å². The van der Waals surface area contributed by atoms with Crippen LogP contribution in [-0.4, -0.2) is 44.1 Å². The van der Waals surface area contributed by atoms with Crippen LogP contribution in [0.3, 0.4) is 0 Å². The molecule has 126 valence electrons. The van der Waals surface area contributed by atoms with Crippen molar-refractivity contribution in [3.63, 3.8) is 0 Å². The number of halogens is 1. The van der Waals surface area contributed by atoms with Crippen LogP contribution in [0.5, 0.6) is 0 Å². The minimum absolute atomic E-state index is 0. The molecule has 0 amide bonds. The molecule has 0 bridgehead atoms. The molecule has 1 rings (SSSR count).